The zero-order valence-corrected chi connectivity index (χ0v) is 37.3. The summed E-state index contributed by atoms with van der Waals surface area (Å²) in [4.78, 5) is 37.2. The molecule has 0 N–H and O–H groups in total. The third kappa shape index (κ3) is 42.0. The standard InChI is InChI=1S/C48H76NO8P/c1-6-8-10-12-14-16-18-20-22-24-26-28-30-32-34-36-38-40-47(50)54-44-46(45-56-58(52,53)55-43-42-49(3,4)5)57-48(51)41-39-37-35-33-31-29-27-25-23-21-19-17-15-13-11-9-7-2/h22-41,46H,6-21,42-45H2,1-5H3/t46-/m1/s1. The van der Waals surface area contributed by atoms with Crippen LogP contribution in [0.4, 0.5) is 0 Å². The third-order valence-corrected chi connectivity index (χ3v) is 9.33. The molecule has 0 heterocycles. The number of phosphoric acid groups is 1. The van der Waals surface area contributed by atoms with Gasteiger partial charge in [-0.1, -0.05) is 200 Å². The van der Waals surface area contributed by atoms with E-state index in [-0.39, 0.29) is 6.61 Å². The molecule has 0 aromatic rings. The summed E-state index contributed by atoms with van der Waals surface area (Å²) >= 11 is 0. The molecule has 0 rings (SSSR count). The molecule has 0 radical (unpaired) electrons. The first-order valence-electron chi connectivity index (χ1n) is 21.4. The lowest BCUT2D eigenvalue weighted by atomic mass is 10.1. The summed E-state index contributed by atoms with van der Waals surface area (Å²) < 4.78 is 33.3. The van der Waals surface area contributed by atoms with Crippen molar-refractivity contribution in [2.24, 2.45) is 0 Å². The molecule has 0 aromatic carbocycles. The van der Waals surface area contributed by atoms with E-state index < -0.39 is 39.1 Å². The van der Waals surface area contributed by atoms with E-state index in [0.29, 0.717) is 11.0 Å². The van der Waals surface area contributed by atoms with Gasteiger partial charge in [0.25, 0.3) is 7.82 Å². The van der Waals surface area contributed by atoms with Crippen LogP contribution in [0.2, 0.25) is 0 Å². The Kier molecular flexibility index (Phi) is 36.5. The maximum Gasteiger partial charge on any atom is 0.331 e. The number of hydrogen-bond acceptors (Lipinski definition) is 8. The van der Waals surface area contributed by atoms with Crippen molar-refractivity contribution in [3.05, 3.63) is 122 Å². The number of rotatable bonds is 36. The van der Waals surface area contributed by atoms with Crippen LogP contribution in [0, 0.1) is 0 Å². The lowest BCUT2D eigenvalue weighted by molar-refractivity contribution is -0.870. The second-order valence-electron chi connectivity index (χ2n) is 15.0. The van der Waals surface area contributed by atoms with Crippen LogP contribution in [0.15, 0.2) is 122 Å². The van der Waals surface area contributed by atoms with Gasteiger partial charge in [-0.2, -0.15) is 0 Å². The Hall–Kier alpha value is -3.59. The lowest BCUT2D eigenvalue weighted by Crippen LogP contribution is -2.37. The topological polar surface area (TPSA) is 111 Å². The quantitative estimate of drug-likeness (QED) is 0.0153. The largest absolute Gasteiger partial charge is 0.756 e. The van der Waals surface area contributed by atoms with Crippen molar-refractivity contribution in [2.45, 2.75) is 123 Å². The Morgan fingerprint density at radius 1 is 0.534 bits per heavy atom. The fourth-order valence-corrected chi connectivity index (χ4v) is 5.74. The number of ether oxygens (including phenoxy) is 2. The molecule has 9 nitrogen and oxygen atoms in total. The van der Waals surface area contributed by atoms with Crippen molar-refractivity contribution in [1.82, 2.24) is 0 Å². The molecule has 0 spiro atoms. The number of carbonyl (C=O) groups is 2. The van der Waals surface area contributed by atoms with Crippen molar-refractivity contribution in [1.29, 1.82) is 0 Å². The van der Waals surface area contributed by atoms with E-state index in [0.717, 1.165) is 12.8 Å². The van der Waals surface area contributed by atoms with Gasteiger partial charge in [-0.25, -0.2) is 9.59 Å². The number of esters is 2. The van der Waals surface area contributed by atoms with E-state index in [1.807, 2.05) is 75.8 Å². The van der Waals surface area contributed by atoms with Gasteiger partial charge in [0.1, 0.15) is 19.8 Å². The zero-order valence-electron chi connectivity index (χ0n) is 36.4. The SMILES string of the molecule is CCCCCCCCCC=CC=CC=CC=CC=CC(=O)OC[C@H](COP(=O)([O-])OCC[N+](C)(C)C)OC(=O)C=CC=CC=CC=CC=CCCCCCCCCC. The van der Waals surface area contributed by atoms with Crippen molar-refractivity contribution in [2.75, 3.05) is 47.5 Å². The van der Waals surface area contributed by atoms with Gasteiger partial charge in [0.2, 0.25) is 0 Å². The first kappa shape index (κ1) is 54.4. The summed E-state index contributed by atoms with van der Waals surface area (Å²) in [5.74, 6) is -1.47. The van der Waals surface area contributed by atoms with E-state index in [2.05, 4.69) is 32.1 Å². The van der Waals surface area contributed by atoms with E-state index >= 15 is 0 Å². The fourth-order valence-electron chi connectivity index (χ4n) is 5.01. The summed E-state index contributed by atoms with van der Waals surface area (Å²) in [6, 6.07) is 0. The summed E-state index contributed by atoms with van der Waals surface area (Å²) in [7, 11) is 0.987. The lowest BCUT2D eigenvalue weighted by Gasteiger charge is -2.28. The highest BCUT2D eigenvalue weighted by Gasteiger charge is 2.20. The second kappa shape index (κ2) is 38.9. The number of allylic oxidation sites excluding steroid dienone is 18. The molecule has 1 unspecified atom stereocenters. The van der Waals surface area contributed by atoms with Crippen molar-refractivity contribution in [3.8, 4) is 0 Å². The molecule has 0 amide bonds. The minimum atomic E-state index is -4.70. The average molecular weight is 826 g/mol. The highest BCUT2D eigenvalue weighted by molar-refractivity contribution is 7.45. The summed E-state index contributed by atoms with van der Waals surface area (Å²) in [6.07, 6.45) is 55.2. The summed E-state index contributed by atoms with van der Waals surface area (Å²) in [5, 5.41) is 0. The fraction of sp³-hybridized carbons (Fsp3) is 0.542. The number of hydrogen-bond donors (Lipinski definition) is 0. The average Bonchev–Trinajstić information content (AvgIpc) is 3.17. The minimum Gasteiger partial charge on any atom is -0.756 e. The highest BCUT2D eigenvalue weighted by atomic mass is 31.2. The van der Waals surface area contributed by atoms with Crippen LogP contribution in [-0.2, 0) is 32.7 Å². The molecule has 58 heavy (non-hydrogen) atoms. The van der Waals surface area contributed by atoms with Gasteiger partial charge in [-0.15, -0.1) is 0 Å². The maximum atomic E-state index is 12.5. The Morgan fingerprint density at radius 2 is 0.931 bits per heavy atom. The van der Waals surface area contributed by atoms with Crippen LogP contribution in [-0.4, -0.2) is 70.0 Å². The summed E-state index contributed by atoms with van der Waals surface area (Å²) in [5.41, 5.74) is 0. The molecule has 0 bridgehead atoms. The normalized spacial score (nSPS) is 14.8. The van der Waals surface area contributed by atoms with Gasteiger partial charge in [0, 0.05) is 12.2 Å². The molecule has 326 valence electrons. The van der Waals surface area contributed by atoms with Crippen molar-refractivity contribution >= 4 is 19.8 Å². The van der Waals surface area contributed by atoms with Gasteiger partial charge < -0.3 is 27.9 Å². The van der Waals surface area contributed by atoms with Gasteiger partial charge >= 0.3 is 11.9 Å². The second-order valence-corrected chi connectivity index (χ2v) is 16.4. The molecule has 10 heteroatoms. The van der Waals surface area contributed by atoms with Crippen LogP contribution in [0.1, 0.15) is 117 Å². The number of nitrogens with zero attached hydrogens (tertiary/aromatic N) is 1. The number of likely N-dealkylation sites (N-methyl/N-ethyl adjacent to an activating group) is 1. The van der Waals surface area contributed by atoms with Crippen LogP contribution in [0.25, 0.3) is 0 Å². The van der Waals surface area contributed by atoms with Crippen LogP contribution >= 0.6 is 7.82 Å². The monoisotopic (exact) mass is 826 g/mol. The third-order valence-electron chi connectivity index (χ3n) is 8.37. The van der Waals surface area contributed by atoms with E-state index in [4.69, 9.17) is 18.5 Å². The van der Waals surface area contributed by atoms with Crippen LogP contribution in [0.3, 0.4) is 0 Å². The Labute approximate surface area is 352 Å². The molecule has 2 atom stereocenters. The molecule has 0 saturated heterocycles. The summed E-state index contributed by atoms with van der Waals surface area (Å²) in [6.45, 7) is 3.80. The van der Waals surface area contributed by atoms with Gasteiger partial charge in [0.05, 0.1) is 27.7 Å². The molecular weight excluding hydrogens is 750 g/mol. The first-order chi connectivity index (χ1) is 28.0. The molecule has 0 saturated carbocycles. The Balaban J connectivity index is 4.85. The zero-order chi connectivity index (χ0) is 42.8. The van der Waals surface area contributed by atoms with E-state index in [9.17, 15) is 19.0 Å². The van der Waals surface area contributed by atoms with Gasteiger partial charge in [0.15, 0.2) is 6.10 Å². The predicted molar refractivity (Wildman–Crippen MR) is 240 cm³/mol. The van der Waals surface area contributed by atoms with Gasteiger partial charge in [-0.05, 0) is 25.7 Å². The minimum absolute atomic E-state index is 0.0841. The number of phosphoric ester groups is 1. The van der Waals surface area contributed by atoms with Crippen LogP contribution < -0.4 is 4.89 Å². The molecule has 0 aliphatic carbocycles. The van der Waals surface area contributed by atoms with Crippen molar-refractivity contribution in [3.63, 3.8) is 0 Å². The number of quaternary nitrogens is 1. The molecule has 0 aliphatic rings. The Morgan fingerprint density at radius 3 is 1.38 bits per heavy atom. The number of unbranched alkanes of at least 4 members (excludes halogenated alkanes) is 14. The van der Waals surface area contributed by atoms with Gasteiger partial charge in [-0.3, -0.25) is 4.57 Å². The first-order valence-corrected chi connectivity index (χ1v) is 22.9. The maximum absolute atomic E-state index is 12.5. The van der Waals surface area contributed by atoms with E-state index in [1.165, 1.54) is 114 Å². The predicted octanol–water partition coefficient (Wildman–Crippen LogP) is 11.5. The van der Waals surface area contributed by atoms with Crippen LogP contribution in [0.5, 0.6) is 0 Å². The Bertz CT molecular complexity index is 1390. The molecular formula is C48H76NO8P. The molecule has 0 fully saturated rings. The highest BCUT2D eigenvalue weighted by Crippen LogP contribution is 2.38. The molecule has 0 aliphatic heterocycles. The molecule has 0 aromatic heterocycles. The van der Waals surface area contributed by atoms with E-state index in [1.54, 1.807) is 24.3 Å². The number of carbonyl (C=O) groups excluding carboxylic acids is 2. The smallest absolute Gasteiger partial charge is 0.331 e. The van der Waals surface area contributed by atoms with Crippen molar-refractivity contribution < 1.29 is 42.1 Å².